The molecule has 2 heterocycles. The van der Waals surface area contributed by atoms with Crippen LogP contribution in [0.1, 0.15) is 24.1 Å². The molecule has 1 saturated heterocycles. The van der Waals surface area contributed by atoms with Crippen LogP contribution in [0, 0.1) is 0 Å². The summed E-state index contributed by atoms with van der Waals surface area (Å²) >= 11 is 0. The summed E-state index contributed by atoms with van der Waals surface area (Å²) < 4.78 is 5.04. The number of carbonyl (C=O) groups excluding carboxylic acids is 1. The standard InChI is InChI=1S/C8H11N3O2/c12-4-2-7-10-8(13-11-7)6-1-3-9-5-6/h4,6,9H,1-3,5H2. The van der Waals surface area contributed by atoms with Gasteiger partial charge >= 0.3 is 0 Å². The Labute approximate surface area is 75.5 Å². The number of aromatic nitrogens is 2. The first-order valence-corrected chi connectivity index (χ1v) is 4.37. The third kappa shape index (κ3) is 1.75. The van der Waals surface area contributed by atoms with Gasteiger partial charge in [-0.15, -0.1) is 0 Å². The van der Waals surface area contributed by atoms with E-state index in [2.05, 4.69) is 15.5 Å². The predicted molar refractivity (Wildman–Crippen MR) is 44.3 cm³/mol. The van der Waals surface area contributed by atoms with Gasteiger partial charge in [-0.2, -0.15) is 4.98 Å². The Bertz CT molecular complexity index is 291. The lowest BCUT2D eigenvalue weighted by atomic mass is 10.1. The van der Waals surface area contributed by atoms with Crippen LogP contribution < -0.4 is 5.32 Å². The Morgan fingerprint density at radius 3 is 3.31 bits per heavy atom. The summed E-state index contributed by atoms with van der Waals surface area (Å²) in [6, 6.07) is 0. The van der Waals surface area contributed by atoms with Crippen molar-refractivity contribution in [2.75, 3.05) is 13.1 Å². The molecule has 1 N–H and O–H groups in total. The van der Waals surface area contributed by atoms with E-state index in [0.717, 1.165) is 25.8 Å². The summed E-state index contributed by atoms with van der Waals surface area (Å²) in [6.45, 7) is 1.89. The second-order valence-corrected chi connectivity index (χ2v) is 3.11. The normalized spacial score (nSPS) is 22.0. The van der Waals surface area contributed by atoms with Gasteiger partial charge in [0.2, 0.25) is 5.89 Å². The molecule has 1 fully saturated rings. The maximum Gasteiger partial charge on any atom is 0.231 e. The number of nitrogens with one attached hydrogen (secondary N) is 1. The SMILES string of the molecule is O=CCc1noc(C2CCNC2)n1. The van der Waals surface area contributed by atoms with Crippen LogP contribution in [0.3, 0.4) is 0 Å². The average molecular weight is 181 g/mol. The van der Waals surface area contributed by atoms with Crippen molar-refractivity contribution in [1.29, 1.82) is 0 Å². The first kappa shape index (κ1) is 8.37. The molecule has 5 heteroatoms. The second kappa shape index (κ2) is 3.66. The van der Waals surface area contributed by atoms with Crippen molar-refractivity contribution in [3.05, 3.63) is 11.7 Å². The monoisotopic (exact) mass is 181 g/mol. The fourth-order valence-electron chi connectivity index (χ4n) is 1.46. The van der Waals surface area contributed by atoms with Crippen LogP contribution in [-0.2, 0) is 11.2 Å². The van der Waals surface area contributed by atoms with Crippen LogP contribution in [-0.4, -0.2) is 29.5 Å². The Kier molecular flexibility index (Phi) is 2.35. The van der Waals surface area contributed by atoms with Crippen molar-refractivity contribution in [2.24, 2.45) is 0 Å². The molecule has 0 saturated carbocycles. The van der Waals surface area contributed by atoms with Gasteiger partial charge in [0, 0.05) is 6.54 Å². The van der Waals surface area contributed by atoms with Crippen LogP contribution in [0.15, 0.2) is 4.52 Å². The van der Waals surface area contributed by atoms with E-state index in [1.807, 2.05) is 0 Å². The van der Waals surface area contributed by atoms with Crippen LogP contribution in [0.5, 0.6) is 0 Å². The summed E-state index contributed by atoms with van der Waals surface area (Å²) in [5.41, 5.74) is 0. The van der Waals surface area contributed by atoms with Gasteiger partial charge in [0.05, 0.1) is 12.3 Å². The van der Waals surface area contributed by atoms with Crippen molar-refractivity contribution < 1.29 is 9.32 Å². The molecule has 0 aliphatic carbocycles. The quantitative estimate of drug-likeness (QED) is 0.659. The van der Waals surface area contributed by atoms with Crippen LogP contribution >= 0.6 is 0 Å². The van der Waals surface area contributed by atoms with Gasteiger partial charge in [-0.3, -0.25) is 0 Å². The topological polar surface area (TPSA) is 68.0 Å². The van der Waals surface area contributed by atoms with E-state index >= 15 is 0 Å². The second-order valence-electron chi connectivity index (χ2n) is 3.11. The molecule has 0 aromatic carbocycles. The van der Waals surface area contributed by atoms with Crippen molar-refractivity contribution >= 4 is 6.29 Å². The van der Waals surface area contributed by atoms with E-state index in [-0.39, 0.29) is 6.42 Å². The Morgan fingerprint density at radius 2 is 2.62 bits per heavy atom. The highest BCUT2D eigenvalue weighted by Crippen LogP contribution is 2.19. The van der Waals surface area contributed by atoms with E-state index in [1.165, 1.54) is 0 Å². The molecule has 1 aliphatic rings. The number of carbonyl (C=O) groups is 1. The average Bonchev–Trinajstić information content (AvgIpc) is 2.70. The molecule has 0 amide bonds. The zero-order valence-electron chi connectivity index (χ0n) is 7.19. The molecule has 70 valence electrons. The van der Waals surface area contributed by atoms with Gasteiger partial charge in [0.1, 0.15) is 6.29 Å². The molecule has 0 radical (unpaired) electrons. The molecule has 0 spiro atoms. The van der Waals surface area contributed by atoms with Gasteiger partial charge in [-0.25, -0.2) is 0 Å². The summed E-state index contributed by atoms with van der Waals surface area (Å²) in [4.78, 5) is 14.3. The number of hydrogen-bond donors (Lipinski definition) is 1. The van der Waals surface area contributed by atoms with Crippen LogP contribution in [0.4, 0.5) is 0 Å². The van der Waals surface area contributed by atoms with Gasteiger partial charge in [0.15, 0.2) is 5.82 Å². The summed E-state index contributed by atoms with van der Waals surface area (Å²) in [7, 11) is 0. The third-order valence-corrected chi connectivity index (χ3v) is 2.16. The fourth-order valence-corrected chi connectivity index (χ4v) is 1.46. The van der Waals surface area contributed by atoms with Gasteiger partial charge in [0.25, 0.3) is 0 Å². The first-order chi connectivity index (χ1) is 6.40. The van der Waals surface area contributed by atoms with Crippen LogP contribution in [0.2, 0.25) is 0 Å². The zero-order chi connectivity index (χ0) is 9.10. The van der Waals surface area contributed by atoms with E-state index in [0.29, 0.717) is 17.6 Å². The molecule has 2 rings (SSSR count). The highest BCUT2D eigenvalue weighted by Gasteiger charge is 2.22. The van der Waals surface area contributed by atoms with Crippen molar-refractivity contribution in [2.45, 2.75) is 18.8 Å². The first-order valence-electron chi connectivity index (χ1n) is 4.37. The third-order valence-electron chi connectivity index (χ3n) is 2.16. The molecule has 1 unspecified atom stereocenters. The molecule has 1 aromatic heterocycles. The number of nitrogens with zero attached hydrogens (tertiary/aromatic N) is 2. The highest BCUT2D eigenvalue weighted by atomic mass is 16.5. The van der Waals surface area contributed by atoms with Gasteiger partial charge in [-0.1, -0.05) is 5.16 Å². The molecule has 13 heavy (non-hydrogen) atoms. The number of rotatable bonds is 3. The largest absolute Gasteiger partial charge is 0.339 e. The molecule has 5 nitrogen and oxygen atoms in total. The van der Waals surface area contributed by atoms with Crippen LogP contribution in [0.25, 0.3) is 0 Å². The number of hydrogen-bond acceptors (Lipinski definition) is 5. The molecule has 0 bridgehead atoms. The van der Waals surface area contributed by atoms with Gasteiger partial charge in [-0.05, 0) is 13.0 Å². The Balaban J connectivity index is 2.07. The Hall–Kier alpha value is -1.23. The van der Waals surface area contributed by atoms with E-state index in [9.17, 15) is 4.79 Å². The summed E-state index contributed by atoms with van der Waals surface area (Å²) in [5.74, 6) is 1.46. The maximum absolute atomic E-state index is 10.2. The molecule has 1 aliphatic heterocycles. The fraction of sp³-hybridized carbons (Fsp3) is 0.625. The molecular weight excluding hydrogens is 170 g/mol. The summed E-state index contributed by atoms with van der Waals surface area (Å²) in [5, 5.41) is 6.92. The molecule has 1 aromatic rings. The Morgan fingerprint density at radius 1 is 1.69 bits per heavy atom. The lowest BCUT2D eigenvalue weighted by molar-refractivity contribution is -0.107. The highest BCUT2D eigenvalue weighted by molar-refractivity contribution is 5.52. The maximum atomic E-state index is 10.2. The minimum Gasteiger partial charge on any atom is -0.339 e. The zero-order valence-corrected chi connectivity index (χ0v) is 7.19. The predicted octanol–water partition coefficient (Wildman–Crippen LogP) is -0.112. The molecule has 1 atom stereocenters. The smallest absolute Gasteiger partial charge is 0.231 e. The van der Waals surface area contributed by atoms with E-state index in [4.69, 9.17) is 4.52 Å². The lowest BCUT2D eigenvalue weighted by Crippen LogP contribution is -2.08. The van der Waals surface area contributed by atoms with Gasteiger partial charge < -0.3 is 14.6 Å². The molecular formula is C8H11N3O2. The van der Waals surface area contributed by atoms with Crippen molar-refractivity contribution in [1.82, 2.24) is 15.5 Å². The van der Waals surface area contributed by atoms with E-state index < -0.39 is 0 Å². The number of aldehydes is 1. The van der Waals surface area contributed by atoms with Crippen molar-refractivity contribution in [3.8, 4) is 0 Å². The summed E-state index contributed by atoms with van der Waals surface area (Å²) in [6.07, 6.45) is 2.05. The van der Waals surface area contributed by atoms with E-state index in [1.54, 1.807) is 0 Å². The lowest BCUT2D eigenvalue weighted by Gasteiger charge is -1.98. The minimum atomic E-state index is 0.240. The van der Waals surface area contributed by atoms with Crippen molar-refractivity contribution in [3.63, 3.8) is 0 Å². The minimum absolute atomic E-state index is 0.240.